The van der Waals surface area contributed by atoms with Gasteiger partial charge in [-0.25, -0.2) is 0 Å². The maximum atomic E-state index is 3.42. The average molecular weight is 376 g/mol. The van der Waals surface area contributed by atoms with E-state index in [0.717, 1.165) is 0 Å². The summed E-state index contributed by atoms with van der Waals surface area (Å²) in [6.45, 7) is 9.31. The molecule has 0 fully saturated rings. The minimum absolute atomic E-state index is 0.962. The molecule has 0 aromatic rings. The van der Waals surface area contributed by atoms with Crippen molar-refractivity contribution in [2.75, 3.05) is 0 Å². The number of unbranched alkanes of at least 4 members (excludes halogenated alkanes) is 4. The molecule has 0 aromatic carbocycles. The third-order valence-electron chi connectivity index (χ3n) is 1.71. The first kappa shape index (κ1) is 17.7. The SMILES string of the molecule is CCCCCC[C-]=C[Si](C)(C)C.[Zn+][I]. The normalized spacial score (nSPS) is 11.4. The predicted molar refractivity (Wildman–Crippen MR) is 73.9 cm³/mol. The van der Waals surface area contributed by atoms with Gasteiger partial charge in [0.2, 0.25) is 0 Å². The van der Waals surface area contributed by atoms with E-state index >= 15 is 0 Å². The van der Waals surface area contributed by atoms with Crippen LogP contribution in [0.2, 0.25) is 19.6 Å². The zero-order chi connectivity index (χ0) is 11.4. The first-order valence-electron chi connectivity index (χ1n) is 5.41. The number of halogens is 1. The quantitative estimate of drug-likeness (QED) is 0.263. The van der Waals surface area contributed by atoms with Gasteiger partial charge < -0.3 is 6.08 Å². The molecule has 0 unspecified atom stereocenters. The molecule has 0 bridgehead atoms. The van der Waals surface area contributed by atoms with Crippen molar-refractivity contribution in [2.45, 2.75) is 58.7 Å². The van der Waals surface area contributed by atoms with Crippen molar-refractivity contribution < 1.29 is 14.8 Å². The molecule has 0 N–H and O–H groups in total. The van der Waals surface area contributed by atoms with Gasteiger partial charge in [-0.2, -0.15) is 6.42 Å². The van der Waals surface area contributed by atoms with Crippen LogP contribution in [0.25, 0.3) is 0 Å². The molecule has 0 atom stereocenters. The molecule has 0 heterocycles. The van der Waals surface area contributed by atoms with Gasteiger partial charge in [-0.1, -0.05) is 52.2 Å². The fourth-order valence-electron chi connectivity index (χ4n) is 1.03. The van der Waals surface area contributed by atoms with E-state index in [1.165, 1.54) is 46.9 Å². The summed E-state index contributed by atoms with van der Waals surface area (Å²) in [5.41, 5.74) is 2.33. The topological polar surface area (TPSA) is 0 Å². The van der Waals surface area contributed by atoms with E-state index in [1.807, 2.05) is 0 Å². The van der Waals surface area contributed by atoms with Crippen molar-refractivity contribution in [3.05, 3.63) is 11.8 Å². The van der Waals surface area contributed by atoms with E-state index in [2.05, 4.69) is 58.1 Å². The molecule has 0 radical (unpaired) electrons. The van der Waals surface area contributed by atoms with Crippen LogP contribution in [0.15, 0.2) is 5.70 Å². The molecule has 0 aliphatic rings. The van der Waals surface area contributed by atoms with Crippen LogP contribution in [0.4, 0.5) is 0 Å². The van der Waals surface area contributed by atoms with E-state index in [-0.39, 0.29) is 0 Å². The Kier molecular flexibility index (Phi) is 15.6. The molecule has 3 heteroatoms. The molecular weight excluding hydrogens is 353 g/mol. The zero-order valence-electron chi connectivity index (χ0n) is 10.2. The number of hydrogen-bond acceptors (Lipinski definition) is 0. The third kappa shape index (κ3) is 19.0. The van der Waals surface area contributed by atoms with Crippen molar-refractivity contribution in [2.24, 2.45) is 0 Å². The molecular formula is C11H23ISiZn. The number of hydrogen-bond donors (Lipinski definition) is 0. The summed E-state index contributed by atoms with van der Waals surface area (Å²) in [5.74, 6) is 0. The van der Waals surface area contributed by atoms with Gasteiger partial charge in [0.15, 0.2) is 0 Å². The summed E-state index contributed by atoms with van der Waals surface area (Å²) >= 11 is 3.62. The number of rotatable bonds is 6. The Morgan fingerprint density at radius 3 is 2.14 bits per heavy atom. The molecule has 0 aliphatic carbocycles. The Labute approximate surface area is 112 Å². The Morgan fingerprint density at radius 2 is 1.71 bits per heavy atom. The molecule has 0 amide bonds. The molecule has 0 aliphatic heterocycles. The Hall–Kier alpha value is 1.31. The van der Waals surface area contributed by atoms with Gasteiger partial charge in [0, 0.05) is 8.07 Å². The Balaban J connectivity index is 0. The zero-order valence-corrected chi connectivity index (χ0v) is 16.3. The molecule has 0 rings (SSSR count). The molecule has 80 valence electrons. The van der Waals surface area contributed by atoms with Crippen LogP contribution < -0.4 is 0 Å². The summed E-state index contributed by atoms with van der Waals surface area (Å²) < 4.78 is 0. The van der Waals surface area contributed by atoms with Crippen molar-refractivity contribution in [3.8, 4) is 0 Å². The second kappa shape index (κ2) is 12.4. The van der Waals surface area contributed by atoms with Gasteiger partial charge in [-0.3, -0.25) is 5.70 Å². The van der Waals surface area contributed by atoms with Crippen LogP contribution in [0.5, 0.6) is 0 Å². The first-order valence-corrected chi connectivity index (χ1v) is 18.0. The average Bonchev–Trinajstić information content (AvgIpc) is 2.13. The molecule has 0 aromatic heterocycles. The fraction of sp³-hybridized carbons (Fsp3) is 0.818. The molecule has 0 saturated heterocycles. The van der Waals surface area contributed by atoms with E-state index in [4.69, 9.17) is 0 Å². The van der Waals surface area contributed by atoms with Crippen LogP contribution in [0, 0.1) is 6.08 Å². The first-order chi connectivity index (χ1) is 6.56. The van der Waals surface area contributed by atoms with E-state index in [9.17, 15) is 0 Å². The van der Waals surface area contributed by atoms with Crippen LogP contribution in [-0.4, -0.2) is 8.07 Å². The molecule has 14 heavy (non-hydrogen) atoms. The second-order valence-electron chi connectivity index (χ2n) is 4.53. The fourth-order valence-corrected chi connectivity index (χ4v) is 1.79. The van der Waals surface area contributed by atoms with Gasteiger partial charge in [-0.05, 0) is 0 Å². The summed E-state index contributed by atoms with van der Waals surface area (Å²) in [7, 11) is -0.962. The van der Waals surface area contributed by atoms with Crippen molar-refractivity contribution >= 4 is 27.8 Å². The minimum atomic E-state index is -0.962. The van der Waals surface area contributed by atoms with Gasteiger partial charge in [0.1, 0.15) is 0 Å². The van der Waals surface area contributed by atoms with Gasteiger partial charge >= 0.3 is 34.5 Å². The summed E-state index contributed by atoms with van der Waals surface area (Å²) in [4.78, 5) is 0. The van der Waals surface area contributed by atoms with E-state index in [0.29, 0.717) is 0 Å². The van der Waals surface area contributed by atoms with E-state index in [1.54, 1.807) is 0 Å². The van der Waals surface area contributed by atoms with Crippen LogP contribution in [0.3, 0.4) is 0 Å². The summed E-state index contributed by atoms with van der Waals surface area (Å²) in [5, 5.41) is 0. The monoisotopic (exact) mass is 374 g/mol. The number of allylic oxidation sites excluding steroid dienone is 1. The van der Waals surface area contributed by atoms with E-state index < -0.39 is 8.07 Å². The standard InChI is InChI=1S/C11H23Si.HI.Zn/c1-5-6-7-8-9-10-11-12(2,3)4;;/h11H,5-9H2,1-4H3;1H;/q-1;;+2/p-1. The van der Waals surface area contributed by atoms with Crippen LogP contribution >= 0.6 is 19.8 Å². The molecule has 0 nitrogen and oxygen atoms in total. The van der Waals surface area contributed by atoms with Crippen molar-refractivity contribution in [3.63, 3.8) is 0 Å². The predicted octanol–water partition coefficient (Wildman–Crippen LogP) is 5.08. The third-order valence-corrected chi connectivity index (χ3v) is 2.78. The maximum absolute atomic E-state index is 3.42. The second-order valence-corrected chi connectivity index (χ2v) is 9.55. The van der Waals surface area contributed by atoms with Crippen LogP contribution in [-0.2, 0) is 14.8 Å². The Morgan fingerprint density at radius 1 is 1.14 bits per heavy atom. The van der Waals surface area contributed by atoms with Crippen molar-refractivity contribution in [1.82, 2.24) is 0 Å². The van der Waals surface area contributed by atoms with Crippen molar-refractivity contribution in [1.29, 1.82) is 0 Å². The van der Waals surface area contributed by atoms with Gasteiger partial charge in [0.25, 0.3) is 0 Å². The van der Waals surface area contributed by atoms with Gasteiger partial charge in [-0.15, -0.1) is 0 Å². The summed E-state index contributed by atoms with van der Waals surface area (Å²) in [6.07, 6.45) is 10.0. The molecule has 0 spiro atoms. The van der Waals surface area contributed by atoms with Gasteiger partial charge in [0.05, 0.1) is 0 Å². The van der Waals surface area contributed by atoms with Crippen LogP contribution in [0.1, 0.15) is 39.0 Å². The molecule has 0 saturated carbocycles. The summed E-state index contributed by atoms with van der Waals surface area (Å²) in [6, 6.07) is 0. The Bertz CT molecular complexity index is 130.